The highest BCUT2D eigenvalue weighted by Gasteiger charge is 2.10. The minimum absolute atomic E-state index is 0.160. The highest BCUT2D eigenvalue weighted by atomic mass is 19.1. The lowest BCUT2D eigenvalue weighted by Gasteiger charge is -2.04. The Morgan fingerprint density at radius 1 is 1.47 bits per heavy atom. The van der Waals surface area contributed by atoms with Crippen LogP contribution < -0.4 is 0 Å². The Bertz CT molecular complexity index is 347. The molecule has 15 heavy (non-hydrogen) atoms. The van der Waals surface area contributed by atoms with E-state index in [1.807, 2.05) is 0 Å². The minimum Gasteiger partial charge on any atom is -0.384 e. The van der Waals surface area contributed by atoms with E-state index >= 15 is 0 Å². The molecule has 0 saturated heterocycles. The Kier molecular flexibility index (Phi) is 4.43. The average molecular weight is 210 g/mol. The fourth-order valence-corrected chi connectivity index (χ4v) is 1.35. The van der Waals surface area contributed by atoms with Crippen LogP contribution in [0.3, 0.4) is 0 Å². The molecule has 0 atom stereocenters. The summed E-state index contributed by atoms with van der Waals surface area (Å²) in [5.74, 6) is -0.602. The standard InChI is InChI=1S/C12H15FO2/c1-3-12(14)10-8-9(6-7-15-2)4-5-11(10)13/h4-5,8H,3,6-7H2,1-2H3. The van der Waals surface area contributed by atoms with Gasteiger partial charge in [-0.3, -0.25) is 4.79 Å². The van der Waals surface area contributed by atoms with E-state index in [4.69, 9.17) is 4.74 Å². The van der Waals surface area contributed by atoms with Crippen LogP contribution in [-0.2, 0) is 11.2 Å². The lowest BCUT2D eigenvalue weighted by molar-refractivity contribution is 0.0984. The van der Waals surface area contributed by atoms with Crippen molar-refractivity contribution in [3.63, 3.8) is 0 Å². The van der Waals surface area contributed by atoms with Gasteiger partial charge in [-0.2, -0.15) is 0 Å². The van der Waals surface area contributed by atoms with Gasteiger partial charge in [0.1, 0.15) is 5.82 Å². The van der Waals surface area contributed by atoms with Crippen LogP contribution in [0.25, 0.3) is 0 Å². The zero-order chi connectivity index (χ0) is 11.3. The van der Waals surface area contributed by atoms with Gasteiger partial charge in [0.05, 0.1) is 12.2 Å². The predicted octanol–water partition coefficient (Wildman–Crippen LogP) is 2.61. The molecule has 0 aromatic heterocycles. The molecule has 1 aromatic rings. The normalized spacial score (nSPS) is 10.3. The SMILES string of the molecule is CCC(=O)c1cc(CCOC)ccc1F. The monoisotopic (exact) mass is 210 g/mol. The number of Topliss-reactive ketones (excluding diaryl/α,β-unsaturated/α-hetero) is 1. The Morgan fingerprint density at radius 2 is 2.20 bits per heavy atom. The number of rotatable bonds is 5. The molecule has 0 unspecified atom stereocenters. The molecule has 82 valence electrons. The van der Waals surface area contributed by atoms with E-state index in [2.05, 4.69) is 0 Å². The molecular weight excluding hydrogens is 195 g/mol. The maximum absolute atomic E-state index is 13.3. The second-order valence-electron chi connectivity index (χ2n) is 3.33. The largest absolute Gasteiger partial charge is 0.384 e. The highest BCUT2D eigenvalue weighted by Crippen LogP contribution is 2.13. The summed E-state index contributed by atoms with van der Waals surface area (Å²) in [5, 5.41) is 0. The van der Waals surface area contributed by atoms with Gasteiger partial charge >= 0.3 is 0 Å². The quantitative estimate of drug-likeness (QED) is 0.698. The Balaban J connectivity index is 2.89. The number of halogens is 1. The van der Waals surface area contributed by atoms with Gasteiger partial charge in [0.25, 0.3) is 0 Å². The van der Waals surface area contributed by atoms with Gasteiger partial charge in [-0.1, -0.05) is 13.0 Å². The molecule has 2 nitrogen and oxygen atoms in total. The summed E-state index contributed by atoms with van der Waals surface area (Å²) in [5.41, 5.74) is 1.11. The van der Waals surface area contributed by atoms with E-state index in [1.165, 1.54) is 6.07 Å². The van der Waals surface area contributed by atoms with Crippen LogP contribution in [0.1, 0.15) is 29.3 Å². The van der Waals surface area contributed by atoms with Crippen LogP contribution in [0.15, 0.2) is 18.2 Å². The van der Waals surface area contributed by atoms with Crippen LogP contribution in [0.2, 0.25) is 0 Å². The first kappa shape index (κ1) is 11.9. The summed E-state index contributed by atoms with van der Waals surface area (Å²) >= 11 is 0. The Morgan fingerprint density at radius 3 is 2.80 bits per heavy atom. The van der Waals surface area contributed by atoms with E-state index in [1.54, 1.807) is 26.2 Å². The van der Waals surface area contributed by atoms with Gasteiger partial charge in [0.2, 0.25) is 0 Å². The molecule has 0 radical (unpaired) electrons. The van der Waals surface area contributed by atoms with Crippen molar-refractivity contribution in [1.29, 1.82) is 0 Å². The zero-order valence-corrected chi connectivity index (χ0v) is 9.05. The van der Waals surface area contributed by atoms with Crippen molar-refractivity contribution in [3.05, 3.63) is 35.1 Å². The number of carbonyl (C=O) groups is 1. The van der Waals surface area contributed by atoms with E-state index in [0.29, 0.717) is 19.4 Å². The summed E-state index contributed by atoms with van der Waals surface area (Å²) in [6, 6.07) is 4.63. The molecule has 0 heterocycles. The van der Waals surface area contributed by atoms with E-state index < -0.39 is 5.82 Å². The molecule has 0 aliphatic carbocycles. The molecule has 1 rings (SSSR count). The Hall–Kier alpha value is -1.22. The van der Waals surface area contributed by atoms with Crippen LogP contribution >= 0.6 is 0 Å². The van der Waals surface area contributed by atoms with Crippen molar-refractivity contribution in [2.45, 2.75) is 19.8 Å². The number of methoxy groups -OCH3 is 1. The third kappa shape index (κ3) is 3.13. The van der Waals surface area contributed by atoms with Crippen molar-refractivity contribution >= 4 is 5.78 Å². The molecule has 3 heteroatoms. The van der Waals surface area contributed by atoms with Crippen LogP contribution in [0.5, 0.6) is 0 Å². The van der Waals surface area contributed by atoms with Crippen LogP contribution in [-0.4, -0.2) is 19.5 Å². The maximum atomic E-state index is 13.3. The third-order valence-electron chi connectivity index (χ3n) is 2.25. The number of ether oxygens (including phenoxy) is 1. The molecule has 0 saturated carbocycles. The predicted molar refractivity (Wildman–Crippen MR) is 56.6 cm³/mol. The lowest BCUT2D eigenvalue weighted by atomic mass is 10.0. The molecule has 0 amide bonds. The van der Waals surface area contributed by atoms with Gasteiger partial charge in [-0.15, -0.1) is 0 Å². The van der Waals surface area contributed by atoms with E-state index in [0.717, 1.165) is 5.56 Å². The van der Waals surface area contributed by atoms with Crippen molar-refractivity contribution in [1.82, 2.24) is 0 Å². The second-order valence-corrected chi connectivity index (χ2v) is 3.33. The molecule has 0 N–H and O–H groups in total. The topological polar surface area (TPSA) is 26.3 Å². The first-order valence-corrected chi connectivity index (χ1v) is 4.99. The average Bonchev–Trinajstić information content (AvgIpc) is 2.27. The first-order valence-electron chi connectivity index (χ1n) is 4.99. The molecule has 0 aliphatic heterocycles. The molecule has 0 spiro atoms. The van der Waals surface area contributed by atoms with E-state index in [-0.39, 0.29) is 11.3 Å². The number of ketones is 1. The van der Waals surface area contributed by atoms with Gasteiger partial charge in [0.15, 0.2) is 5.78 Å². The number of carbonyl (C=O) groups excluding carboxylic acids is 1. The first-order chi connectivity index (χ1) is 7.19. The maximum Gasteiger partial charge on any atom is 0.165 e. The van der Waals surface area contributed by atoms with Crippen LogP contribution in [0.4, 0.5) is 4.39 Å². The van der Waals surface area contributed by atoms with Gasteiger partial charge < -0.3 is 4.74 Å². The summed E-state index contributed by atoms with van der Waals surface area (Å²) in [4.78, 5) is 11.4. The van der Waals surface area contributed by atoms with Gasteiger partial charge in [0, 0.05) is 13.5 Å². The Labute approximate surface area is 89.1 Å². The van der Waals surface area contributed by atoms with Crippen LogP contribution in [0, 0.1) is 5.82 Å². The smallest absolute Gasteiger partial charge is 0.165 e. The number of benzene rings is 1. The summed E-state index contributed by atoms with van der Waals surface area (Å²) in [7, 11) is 1.61. The second kappa shape index (κ2) is 5.61. The van der Waals surface area contributed by atoms with Crippen molar-refractivity contribution in [2.75, 3.05) is 13.7 Å². The lowest BCUT2D eigenvalue weighted by Crippen LogP contribution is -2.03. The van der Waals surface area contributed by atoms with Gasteiger partial charge in [-0.25, -0.2) is 4.39 Å². The van der Waals surface area contributed by atoms with Gasteiger partial charge in [-0.05, 0) is 24.1 Å². The third-order valence-corrected chi connectivity index (χ3v) is 2.25. The fraction of sp³-hybridized carbons (Fsp3) is 0.417. The highest BCUT2D eigenvalue weighted by molar-refractivity contribution is 5.96. The molecular formula is C12H15FO2. The summed E-state index contributed by atoms with van der Waals surface area (Å²) in [6.07, 6.45) is 1.02. The molecule has 0 fully saturated rings. The molecule has 0 bridgehead atoms. The number of hydrogen-bond donors (Lipinski definition) is 0. The van der Waals surface area contributed by atoms with Crippen molar-refractivity contribution in [2.24, 2.45) is 0 Å². The van der Waals surface area contributed by atoms with Crippen molar-refractivity contribution in [3.8, 4) is 0 Å². The van der Waals surface area contributed by atoms with E-state index in [9.17, 15) is 9.18 Å². The fourth-order valence-electron chi connectivity index (χ4n) is 1.35. The van der Waals surface area contributed by atoms with Crippen molar-refractivity contribution < 1.29 is 13.9 Å². The minimum atomic E-state index is -0.442. The number of hydrogen-bond acceptors (Lipinski definition) is 2. The zero-order valence-electron chi connectivity index (χ0n) is 9.05. The molecule has 0 aliphatic rings. The molecule has 1 aromatic carbocycles. The summed E-state index contributed by atoms with van der Waals surface area (Å²) < 4.78 is 18.2. The summed E-state index contributed by atoms with van der Waals surface area (Å²) in [6.45, 7) is 2.30.